The summed E-state index contributed by atoms with van der Waals surface area (Å²) in [5.74, 6) is 0.787. The Labute approximate surface area is 196 Å². The number of aromatic nitrogens is 3. The van der Waals surface area contributed by atoms with Crippen LogP contribution in [0.1, 0.15) is 34.7 Å². The molecule has 3 heterocycles. The van der Waals surface area contributed by atoms with Crippen molar-refractivity contribution in [1.29, 1.82) is 5.26 Å². The zero-order chi connectivity index (χ0) is 23.1. The maximum absolute atomic E-state index is 9.84. The summed E-state index contributed by atoms with van der Waals surface area (Å²) >= 11 is 6.42. The normalized spacial score (nSPS) is 11.6. The quantitative estimate of drug-likeness (QED) is 0.200. The Morgan fingerprint density at radius 2 is 1.94 bits per heavy atom. The fraction of sp³-hybridized carbons (Fsp3) is 0.154. The van der Waals surface area contributed by atoms with Crippen LogP contribution in [0.4, 0.5) is 5.82 Å². The fourth-order valence-corrected chi connectivity index (χ4v) is 4.47. The number of hydrazone groups is 1. The van der Waals surface area contributed by atoms with Gasteiger partial charge in [0.25, 0.3) is 0 Å². The van der Waals surface area contributed by atoms with Crippen LogP contribution in [0.15, 0.2) is 53.6 Å². The number of hydrogen-bond donors (Lipinski definition) is 1. The molecule has 0 aliphatic rings. The number of nitrogens with zero attached hydrogens (tertiary/aromatic N) is 5. The molecule has 6 nitrogen and oxygen atoms in total. The minimum Gasteiger partial charge on any atom is -0.276 e. The van der Waals surface area contributed by atoms with E-state index in [0.29, 0.717) is 16.4 Å². The van der Waals surface area contributed by atoms with Crippen LogP contribution in [-0.4, -0.2) is 20.6 Å². The topological polar surface area (TPSA) is 78.4 Å². The third-order valence-electron chi connectivity index (χ3n) is 5.91. The Bertz CT molecular complexity index is 1620. The van der Waals surface area contributed by atoms with E-state index in [1.54, 1.807) is 6.21 Å². The number of nitriles is 1. The van der Waals surface area contributed by atoms with Crippen molar-refractivity contribution < 1.29 is 0 Å². The van der Waals surface area contributed by atoms with Gasteiger partial charge in [-0.15, -0.1) is 0 Å². The van der Waals surface area contributed by atoms with Crippen LogP contribution in [-0.2, 0) is 6.42 Å². The van der Waals surface area contributed by atoms with Crippen molar-refractivity contribution in [1.82, 2.24) is 14.4 Å². The highest BCUT2D eigenvalue weighted by Crippen LogP contribution is 2.31. The lowest BCUT2D eigenvalue weighted by Gasteiger charge is -2.15. The molecule has 5 rings (SSSR count). The maximum atomic E-state index is 9.84. The van der Waals surface area contributed by atoms with Crippen LogP contribution in [0.2, 0.25) is 5.15 Å². The van der Waals surface area contributed by atoms with Crippen LogP contribution in [0.3, 0.4) is 0 Å². The highest BCUT2D eigenvalue weighted by atomic mass is 35.5. The van der Waals surface area contributed by atoms with Gasteiger partial charge in [-0.25, -0.2) is 9.97 Å². The van der Waals surface area contributed by atoms with E-state index in [-0.39, 0.29) is 0 Å². The first-order valence-electron chi connectivity index (χ1n) is 10.7. The average Bonchev–Trinajstić information content (AvgIpc) is 3.19. The van der Waals surface area contributed by atoms with Gasteiger partial charge in [0.1, 0.15) is 17.0 Å². The number of rotatable bonds is 4. The van der Waals surface area contributed by atoms with Gasteiger partial charge < -0.3 is 0 Å². The summed E-state index contributed by atoms with van der Waals surface area (Å²) in [7, 11) is 0. The predicted octanol–water partition coefficient (Wildman–Crippen LogP) is 6.19. The van der Waals surface area contributed by atoms with E-state index in [2.05, 4.69) is 34.6 Å². The molecule has 0 amide bonds. The van der Waals surface area contributed by atoms with Crippen molar-refractivity contribution in [3.63, 3.8) is 0 Å². The van der Waals surface area contributed by atoms with Crippen LogP contribution in [0, 0.1) is 25.2 Å². The van der Waals surface area contributed by atoms with E-state index in [0.717, 1.165) is 56.4 Å². The Kier molecular flexibility index (Phi) is 5.20. The smallest absolute Gasteiger partial charge is 0.157 e. The number of imidazole rings is 1. The Balaban J connectivity index is 1.65. The highest BCUT2D eigenvalue weighted by Gasteiger charge is 2.19. The molecule has 7 heteroatoms. The molecule has 0 bridgehead atoms. The number of hydrogen-bond acceptors (Lipinski definition) is 5. The third kappa shape index (κ3) is 3.47. The van der Waals surface area contributed by atoms with E-state index in [1.807, 2.05) is 60.7 Å². The van der Waals surface area contributed by atoms with Gasteiger partial charge in [0.2, 0.25) is 0 Å². The highest BCUT2D eigenvalue weighted by molar-refractivity contribution is 6.32. The largest absolute Gasteiger partial charge is 0.276 e. The van der Waals surface area contributed by atoms with Crippen LogP contribution < -0.4 is 5.43 Å². The molecule has 162 valence electrons. The van der Waals surface area contributed by atoms with Crippen LogP contribution in [0.25, 0.3) is 27.6 Å². The van der Waals surface area contributed by atoms with E-state index < -0.39 is 0 Å². The summed E-state index contributed by atoms with van der Waals surface area (Å²) < 4.78 is 1.97. The van der Waals surface area contributed by atoms with Crippen molar-refractivity contribution in [3.05, 3.63) is 81.5 Å². The number of nitrogens with one attached hydrogen (secondary N) is 1. The number of para-hydroxylation sites is 2. The van der Waals surface area contributed by atoms with Gasteiger partial charge in [-0.3, -0.25) is 9.83 Å². The van der Waals surface area contributed by atoms with Gasteiger partial charge in [0, 0.05) is 10.9 Å². The summed E-state index contributed by atoms with van der Waals surface area (Å²) in [4.78, 5) is 9.21. The molecule has 1 N–H and O–H groups in total. The fourth-order valence-electron chi connectivity index (χ4n) is 4.28. The van der Waals surface area contributed by atoms with Crippen molar-refractivity contribution in [2.24, 2.45) is 5.10 Å². The molecule has 5 aromatic rings. The van der Waals surface area contributed by atoms with E-state index in [4.69, 9.17) is 16.6 Å². The molecule has 0 aliphatic carbocycles. The second-order valence-electron chi connectivity index (χ2n) is 7.99. The number of fused-ring (bicyclic) bond motifs is 4. The van der Waals surface area contributed by atoms with Crippen molar-refractivity contribution in [3.8, 4) is 6.07 Å². The molecular formula is C26H21ClN6. The molecule has 0 atom stereocenters. The monoisotopic (exact) mass is 452 g/mol. The maximum Gasteiger partial charge on any atom is 0.157 e. The molecule has 3 aromatic heterocycles. The second-order valence-corrected chi connectivity index (χ2v) is 8.34. The number of halogens is 1. The molecule has 33 heavy (non-hydrogen) atoms. The molecule has 0 aliphatic heterocycles. The molecule has 0 fully saturated rings. The van der Waals surface area contributed by atoms with Gasteiger partial charge in [-0.1, -0.05) is 42.3 Å². The standard InChI is InChI=1S/C26H21ClN6/c1-4-19-16(3)20(13-28)25-31-22-7-5-6-8-23(22)33(25)26(19)32-29-14-18-12-17-11-15(2)9-10-21(17)30-24(18)27/h5-12,14,32H,4H2,1-3H3. The van der Waals surface area contributed by atoms with Crippen LogP contribution in [0.5, 0.6) is 0 Å². The first-order valence-corrected chi connectivity index (χ1v) is 11.1. The van der Waals surface area contributed by atoms with Gasteiger partial charge in [-0.05, 0) is 61.7 Å². The lowest BCUT2D eigenvalue weighted by Crippen LogP contribution is -2.07. The zero-order valence-electron chi connectivity index (χ0n) is 18.5. The molecular weight excluding hydrogens is 432 g/mol. The summed E-state index contributed by atoms with van der Waals surface area (Å²) in [5.41, 5.74) is 10.8. The lowest BCUT2D eigenvalue weighted by atomic mass is 10.0. The average molecular weight is 453 g/mol. The molecule has 0 radical (unpaired) electrons. The van der Waals surface area contributed by atoms with E-state index in [9.17, 15) is 5.26 Å². The lowest BCUT2D eigenvalue weighted by molar-refractivity contribution is 1.04. The van der Waals surface area contributed by atoms with E-state index >= 15 is 0 Å². The van der Waals surface area contributed by atoms with Crippen LogP contribution >= 0.6 is 11.6 Å². The third-order valence-corrected chi connectivity index (χ3v) is 6.21. The van der Waals surface area contributed by atoms with Gasteiger partial charge in [0.05, 0.1) is 28.3 Å². The van der Waals surface area contributed by atoms with Gasteiger partial charge in [0.15, 0.2) is 5.65 Å². The van der Waals surface area contributed by atoms with Crippen molar-refractivity contribution >= 4 is 51.2 Å². The summed E-state index contributed by atoms with van der Waals surface area (Å²) in [6.45, 7) is 6.07. The number of aryl methyl sites for hydroxylation is 1. The molecule has 0 unspecified atom stereocenters. The minimum absolute atomic E-state index is 0.391. The summed E-state index contributed by atoms with van der Waals surface area (Å²) in [5, 5.41) is 15.7. The predicted molar refractivity (Wildman–Crippen MR) is 134 cm³/mol. The first-order chi connectivity index (χ1) is 16.0. The van der Waals surface area contributed by atoms with Crippen molar-refractivity contribution in [2.75, 3.05) is 5.43 Å². The summed E-state index contributed by atoms with van der Waals surface area (Å²) in [6.07, 6.45) is 2.41. The van der Waals surface area contributed by atoms with Crippen molar-refractivity contribution in [2.45, 2.75) is 27.2 Å². The Hall–Kier alpha value is -3.95. The number of anilines is 1. The van der Waals surface area contributed by atoms with E-state index in [1.165, 1.54) is 0 Å². The second kappa shape index (κ2) is 8.19. The van der Waals surface area contributed by atoms with Gasteiger partial charge in [-0.2, -0.15) is 10.4 Å². The Morgan fingerprint density at radius 3 is 2.73 bits per heavy atom. The first kappa shape index (κ1) is 20.9. The molecule has 2 aromatic carbocycles. The number of pyridine rings is 2. The molecule has 0 saturated heterocycles. The minimum atomic E-state index is 0.391. The van der Waals surface area contributed by atoms with Gasteiger partial charge >= 0.3 is 0 Å². The molecule has 0 saturated carbocycles. The molecule has 0 spiro atoms. The zero-order valence-corrected chi connectivity index (χ0v) is 19.3. The SMILES string of the molecule is CCc1c(C)c(C#N)c2nc3ccccc3n2c1NN=Cc1cc2cc(C)ccc2nc1Cl. The Morgan fingerprint density at radius 1 is 1.12 bits per heavy atom. The summed E-state index contributed by atoms with van der Waals surface area (Å²) in [6, 6.07) is 18.2. The number of benzene rings is 2.